The zero-order valence-electron chi connectivity index (χ0n) is 7.64. The van der Waals surface area contributed by atoms with Gasteiger partial charge in [0.1, 0.15) is 0 Å². The summed E-state index contributed by atoms with van der Waals surface area (Å²) < 4.78 is 8.88. The van der Waals surface area contributed by atoms with E-state index in [1.807, 2.05) is 0 Å². The second kappa shape index (κ2) is 13.6. The second-order valence-corrected chi connectivity index (χ2v) is 1.54. The first kappa shape index (κ1) is 29.6. The van der Waals surface area contributed by atoms with E-state index in [0.717, 1.165) is 0 Å². The van der Waals surface area contributed by atoms with Crippen LogP contribution in [0, 0.1) is 0 Å². The third-order valence-corrected chi connectivity index (χ3v) is 0. The molecule has 0 bridgehead atoms. The van der Waals surface area contributed by atoms with E-state index in [1.54, 1.807) is 0 Å². The molecular formula is H6Na3O5P. The predicted molar refractivity (Wildman–Crippen MR) is 18.4 cm³/mol. The van der Waals surface area contributed by atoms with Crippen LogP contribution in [0.5, 0.6) is 0 Å². The van der Waals surface area contributed by atoms with Gasteiger partial charge >= 0.3 is 96.5 Å². The van der Waals surface area contributed by atoms with Gasteiger partial charge in [-0.1, -0.05) is 0 Å². The fraction of sp³-hybridized carbons (Fsp3) is 0. The third-order valence-electron chi connectivity index (χ3n) is 0. The SMILES string of the molecule is O=P(O)(O)O.[H-].[H-].[Na+].[Na+].[Na+].[OH-]. The Morgan fingerprint density at radius 1 is 1.00 bits per heavy atom. The molecule has 0 unspecified atom stereocenters. The van der Waals surface area contributed by atoms with Crippen molar-refractivity contribution in [2.45, 2.75) is 0 Å². The summed E-state index contributed by atoms with van der Waals surface area (Å²) in [4.78, 5) is 21.6. The van der Waals surface area contributed by atoms with Gasteiger partial charge < -0.3 is 23.0 Å². The second-order valence-electron chi connectivity index (χ2n) is 0.513. The Kier molecular flexibility index (Phi) is 44.9. The van der Waals surface area contributed by atoms with Crippen molar-refractivity contribution in [2.24, 2.45) is 0 Å². The molecule has 0 saturated heterocycles. The van der Waals surface area contributed by atoms with Gasteiger partial charge in [0.2, 0.25) is 0 Å². The molecule has 0 aromatic carbocycles. The molecule has 0 fully saturated rings. The summed E-state index contributed by atoms with van der Waals surface area (Å²) in [5.41, 5.74) is 0. The van der Waals surface area contributed by atoms with E-state index < -0.39 is 7.82 Å². The zero-order chi connectivity index (χ0) is 4.50. The normalized spacial score (nSPS) is 6.56. The van der Waals surface area contributed by atoms with Gasteiger partial charge in [-0.15, -0.1) is 0 Å². The Morgan fingerprint density at radius 2 is 1.00 bits per heavy atom. The average molecular weight is 186 g/mol. The molecular weight excluding hydrogens is 180 g/mol. The van der Waals surface area contributed by atoms with Crippen LogP contribution in [0.15, 0.2) is 0 Å². The van der Waals surface area contributed by atoms with Crippen molar-refractivity contribution in [1.82, 2.24) is 0 Å². The summed E-state index contributed by atoms with van der Waals surface area (Å²) in [6, 6.07) is 0. The maximum atomic E-state index is 8.88. The maximum absolute atomic E-state index is 8.88. The minimum Gasteiger partial charge on any atom is -1.00 e. The van der Waals surface area contributed by atoms with Gasteiger partial charge in [-0.2, -0.15) is 0 Å². The van der Waals surface area contributed by atoms with Crippen LogP contribution in [-0.4, -0.2) is 20.2 Å². The van der Waals surface area contributed by atoms with Crippen LogP contribution in [0.1, 0.15) is 2.85 Å². The molecule has 0 aromatic heterocycles. The standard InChI is InChI=1S/3Na.H3O4P.H2O.2H/c;;;1-5(2,3)4;;;/h;;;(H3,1,2,3,4);1H2;;/q3*+1;;;2*-1/p-1. The van der Waals surface area contributed by atoms with Gasteiger partial charge in [-0.3, -0.25) is 0 Å². The van der Waals surface area contributed by atoms with Gasteiger partial charge in [0.05, 0.1) is 0 Å². The minimum atomic E-state index is -4.64. The zero-order valence-corrected chi connectivity index (χ0v) is 12.5. The topological polar surface area (TPSA) is 108 Å². The molecule has 5 nitrogen and oxygen atoms in total. The van der Waals surface area contributed by atoms with E-state index >= 15 is 0 Å². The number of hydrogen-bond acceptors (Lipinski definition) is 2. The molecule has 0 aliphatic rings. The quantitative estimate of drug-likeness (QED) is 0.257. The monoisotopic (exact) mass is 186 g/mol. The van der Waals surface area contributed by atoms with Crippen molar-refractivity contribution >= 4 is 7.82 Å². The van der Waals surface area contributed by atoms with E-state index in [-0.39, 0.29) is 97.0 Å². The molecule has 0 atom stereocenters. The molecule has 0 rings (SSSR count). The maximum Gasteiger partial charge on any atom is 1.00 e. The van der Waals surface area contributed by atoms with Gasteiger partial charge in [0.15, 0.2) is 0 Å². The van der Waals surface area contributed by atoms with E-state index in [1.165, 1.54) is 0 Å². The Morgan fingerprint density at radius 3 is 1.00 bits per heavy atom. The molecule has 44 valence electrons. The van der Waals surface area contributed by atoms with Crippen LogP contribution < -0.4 is 88.7 Å². The first-order valence-electron chi connectivity index (χ1n) is 0.783. The van der Waals surface area contributed by atoms with Gasteiger partial charge in [-0.25, -0.2) is 4.57 Å². The summed E-state index contributed by atoms with van der Waals surface area (Å²) in [5.74, 6) is 0. The van der Waals surface area contributed by atoms with Crippen LogP contribution in [0.4, 0.5) is 0 Å². The Hall–Kier alpha value is 3.07. The van der Waals surface area contributed by atoms with Crippen LogP contribution >= 0.6 is 7.82 Å². The van der Waals surface area contributed by atoms with Crippen molar-refractivity contribution < 1.29 is 116 Å². The summed E-state index contributed by atoms with van der Waals surface area (Å²) >= 11 is 0. The first-order valence-corrected chi connectivity index (χ1v) is 2.35. The predicted octanol–water partition coefficient (Wildman–Crippen LogP) is -9.87. The fourth-order valence-electron chi connectivity index (χ4n) is 0. The smallest absolute Gasteiger partial charge is 1.00 e. The van der Waals surface area contributed by atoms with Crippen LogP contribution in [-0.2, 0) is 4.57 Å². The van der Waals surface area contributed by atoms with Crippen LogP contribution in [0.3, 0.4) is 0 Å². The van der Waals surface area contributed by atoms with Crippen LogP contribution in [0.25, 0.3) is 0 Å². The molecule has 4 N–H and O–H groups in total. The summed E-state index contributed by atoms with van der Waals surface area (Å²) in [5, 5.41) is 0. The van der Waals surface area contributed by atoms with E-state index in [9.17, 15) is 0 Å². The molecule has 0 radical (unpaired) electrons. The van der Waals surface area contributed by atoms with Crippen molar-refractivity contribution in [2.75, 3.05) is 0 Å². The molecule has 0 aliphatic heterocycles. The first-order chi connectivity index (χ1) is 2.00. The Bertz CT molecular complexity index is 65.9. The summed E-state index contributed by atoms with van der Waals surface area (Å²) in [6.45, 7) is 0. The van der Waals surface area contributed by atoms with E-state index in [0.29, 0.717) is 0 Å². The Balaban J connectivity index is -0.00000000533. The number of hydrogen-bond donors (Lipinski definition) is 3. The van der Waals surface area contributed by atoms with Gasteiger partial charge in [0.25, 0.3) is 0 Å². The van der Waals surface area contributed by atoms with Gasteiger partial charge in [-0.05, 0) is 0 Å². The minimum absolute atomic E-state index is 0. The number of rotatable bonds is 0. The van der Waals surface area contributed by atoms with Crippen molar-refractivity contribution in [3.8, 4) is 0 Å². The molecule has 0 heterocycles. The molecule has 9 heteroatoms. The van der Waals surface area contributed by atoms with Crippen molar-refractivity contribution in [1.29, 1.82) is 0 Å². The van der Waals surface area contributed by atoms with Crippen molar-refractivity contribution in [3.63, 3.8) is 0 Å². The largest absolute Gasteiger partial charge is 1.00 e. The molecule has 0 aliphatic carbocycles. The molecule has 9 heavy (non-hydrogen) atoms. The molecule has 0 aromatic rings. The van der Waals surface area contributed by atoms with E-state index in [2.05, 4.69) is 0 Å². The Labute approximate surface area is 122 Å². The third kappa shape index (κ3) is 96.6. The summed E-state index contributed by atoms with van der Waals surface area (Å²) in [7, 11) is -4.64. The molecule has 0 saturated carbocycles. The summed E-state index contributed by atoms with van der Waals surface area (Å²) in [6.07, 6.45) is 0. The average Bonchev–Trinajstić information content (AvgIpc) is 0.722. The van der Waals surface area contributed by atoms with E-state index in [4.69, 9.17) is 19.2 Å². The number of phosphoric acid groups is 1. The molecule has 0 amide bonds. The van der Waals surface area contributed by atoms with Crippen LogP contribution in [0.2, 0.25) is 0 Å². The fourth-order valence-corrected chi connectivity index (χ4v) is 0. The molecule has 0 spiro atoms. The van der Waals surface area contributed by atoms with Crippen molar-refractivity contribution in [3.05, 3.63) is 0 Å². The van der Waals surface area contributed by atoms with Gasteiger partial charge in [0, 0.05) is 0 Å².